The zero-order valence-electron chi connectivity index (χ0n) is 17.2. The van der Waals surface area contributed by atoms with Crippen LogP contribution in [0.25, 0.3) is 6.08 Å². The number of nitrogens with one attached hydrogen (secondary N) is 2. The normalized spacial score (nSPS) is 13.4. The highest BCUT2D eigenvalue weighted by molar-refractivity contribution is 5.94. The zero-order chi connectivity index (χ0) is 22.1. The molecule has 0 saturated heterocycles. The van der Waals surface area contributed by atoms with E-state index < -0.39 is 18.0 Å². The first kappa shape index (κ1) is 22.6. The summed E-state index contributed by atoms with van der Waals surface area (Å²) in [6, 6.07) is 2.83. The molecule has 1 aromatic rings. The quantitative estimate of drug-likeness (QED) is 0.454. The number of ether oxygens (including phenoxy) is 5. The second kappa shape index (κ2) is 10.7. The molecule has 1 heterocycles. The van der Waals surface area contributed by atoms with Gasteiger partial charge in [-0.2, -0.15) is 0 Å². The van der Waals surface area contributed by atoms with Crippen LogP contribution in [0.3, 0.4) is 0 Å². The van der Waals surface area contributed by atoms with Crippen LogP contribution in [0.2, 0.25) is 0 Å². The molecule has 30 heavy (non-hydrogen) atoms. The molecule has 0 aromatic heterocycles. The number of amides is 2. The molecule has 0 fully saturated rings. The fraction of sp³-hybridized carbons (Fsp3) is 0.350. The van der Waals surface area contributed by atoms with Gasteiger partial charge in [-0.3, -0.25) is 0 Å². The molecule has 162 valence electrons. The van der Waals surface area contributed by atoms with Crippen molar-refractivity contribution in [2.24, 2.45) is 0 Å². The minimum Gasteiger partial charge on any atom is -0.493 e. The molecule has 0 radical (unpaired) electrons. The number of carbonyl (C=O) groups excluding carboxylic acids is 3. The second-order valence-electron chi connectivity index (χ2n) is 5.88. The van der Waals surface area contributed by atoms with Gasteiger partial charge >= 0.3 is 18.0 Å². The highest BCUT2D eigenvalue weighted by Gasteiger charge is 2.24. The summed E-state index contributed by atoms with van der Waals surface area (Å²) in [6.45, 7) is 1.54. The number of hydrogen-bond acceptors (Lipinski definition) is 8. The number of carbonyl (C=O) groups is 3. The average molecular weight is 420 g/mol. The Kier molecular flexibility index (Phi) is 8.09. The lowest BCUT2D eigenvalue weighted by Crippen LogP contribution is -2.45. The van der Waals surface area contributed by atoms with E-state index in [0.717, 1.165) is 0 Å². The molecule has 10 heteroatoms. The van der Waals surface area contributed by atoms with Gasteiger partial charge in [0.1, 0.15) is 6.61 Å². The summed E-state index contributed by atoms with van der Waals surface area (Å²) in [7, 11) is 4.47. The molecule has 2 N–H and O–H groups in total. The summed E-state index contributed by atoms with van der Waals surface area (Å²) in [5.74, 6) is 0.0362. The highest BCUT2D eigenvalue weighted by Crippen LogP contribution is 2.38. The van der Waals surface area contributed by atoms with Crippen molar-refractivity contribution in [3.05, 3.63) is 35.0 Å². The summed E-state index contributed by atoms with van der Waals surface area (Å²) in [5, 5.41) is 4.93. The van der Waals surface area contributed by atoms with Crippen molar-refractivity contribution in [2.75, 3.05) is 41.1 Å². The van der Waals surface area contributed by atoms with Crippen LogP contribution in [0.4, 0.5) is 4.79 Å². The fourth-order valence-electron chi connectivity index (χ4n) is 2.62. The van der Waals surface area contributed by atoms with E-state index in [0.29, 0.717) is 22.8 Å². The lowest BCUT2D eigenvalue weighted by Gasteiger charge is -2.20. The predicted molar refractivity (Wildman–Crippen MR) is 106 cm³/mol. The van der Waals surface area contributed by atoms with Gasteiger partial charge in [0.2, 0.25) is 5.75 Å². The topological polar surface area (TPSA) is 121 Å². The maximum Gasteiger partial charge on any atom is 0.337 e. The summed E-state index contributed by atoms with van der Waals surface area (Å²) < 4.78 is 25.9. The van der Waals surface area contributed by atoms with Crippen molar-refractivity contribution >= 4 is 24.0 Å². The molecule has 2 rings (SSSR count). The van der Waals surface area contributed by atoms with Gasteiger partial charge in [-0.25, -0.2) is 14.4 Å². The van der Waals surface area contributed by atoms with Gasteiger partial charge in [-0.1, -0.05) is 0 Å². The number of benzene rings is 1. The van der Waals surface area contributed by atoms with E-state index in [-0.39, 0.29) is 31.0 Å². The monoisotopic (exact) mass is 420 g/mol. The van der Waals surface area contributed by atoms with Crippen LogP contribution < -0.4 is 24.8 Å². The Morgan fingerprint density at radius 3 is 2.30 bits per heavy atom. The third-order valence-corrected chi connectivity index (χ3v) is 4.03. The molecule has 10 nitrogen and oxygen atoms in total. The van der Waals surface area contributed by atoms with Crippen LogP contribution >= 0.6 is 0 Å². The third kappa shape index (κ3) is 5.66. The zero-order valence-corrected chi connectivity index (χ0v) is 17.2. The minimum atomic E-state index is -0.674. The Bertz CT molecular complexity index is 851. The van der Waals surface area contributed by atoms with Gasteiger partial charge in [-0.05, 0) is 30.7 Å². The first-order valence-corrected chi connectivity index (χ1v) is 9.02. The smallest absolute Gasteiger partial charge is 0.337 e. The molecule has 0 unspecified atom stereocenters. The summed E-state index contributed by atoms with van der Waals surface area (Å²) in [4.78, 5) is 35.6. The second-order valence-corrected chi connectivity index (χ2v) is 5.88. The number of methoxy groups -OCH3 is 3. The van der Waals surface area contributed by atoms with Gasteiger partial charge in [0.15, 0.2) is 11.5 Å². The SMILES string of the molecule is CCOC(=O)C1=C(COC(=O)/C=C/c2cc(OC)c(OC)c(OC)c2)NC(=O)NC1. The predicted octanol–water partition coefficient (Wildman–Crippen LogP) is 1.40. The van der Waals surface area contributed by atoms with Crippen LogP contribution in [-0.2, 0) is 19.1 Å². The molecule has 0 bridgehead atoms. The number of urea groups is 1. The number of esters is 2. The van der Waals surface area contributed by atoms with E-state index in [4.69, 9.17) is 23.7 Å². The Morgan fingerprint density at radius 2 is 1.73 bits per heavy atom. The summed E-state index contributed by atoms with van der Waals surface area (Å²) in [5.41, 5.74) is 0.979. The Morgan fingerprint density at radius 1 is 1.07 bits per heavy atom. The molecule has 0 saturated carbocycles. The Balaban J connectivity index is 2.10. The van der Waals surface area contributed by atoms with Gasteiger partial charge in [-0.15, -0.1) is 0 Å². The third-order valence-electron chi connectivity index (χ3n) is 4.03. The molecular weight excluding hydrogens is 396 g/mol. The standard InChI is InChI=1S/C20H24N2O8/c1-5-29-19(24)13-10-21-20(25)22-14(13)11-30-17(23)7-6-12-8-15(26-2)18(28-4)16(9-12)27-3/h6-9H,5,10-11H2,1-4H3,(H2,21,22,25)/b7-6+. The molecule has 1 aliphatic rings. The van der Waals surface area contributed by atoms with Crippen LogP contribution in [0.5, 0.6) is 17.2 Å². The van der Waals surface area contributed by atoms with Crippen molar-refractivity contribution in [1.82, 2.24) is 10.6 Å². The largest absolute Gasteiger partial charge is 0.493 e. The first-order valence-electron chi connectivity index (χ1n) is 9.02. The van der Waals surface area contributed by atoms with Crippen LogP contribution in [0, 0.1) is 0 Å². The fourth-order valence-corrected chi connectivity index (χ4v) is 2.62. The van der Waals surface area contributed by atoms with E-state index in [2.05, 4.69) is 10.6 Å². The van der Waals surface area contributed by atoms with Crippen molar-refractivity contribution in [1.29, 1.82) is 0 Å². The van der Waals surface area contributed by atoms with Gasteiger partial charge < -0.3 is 34.3 Å². The molecule has 1 aromatic carbocycles. The van der Waals surface area contributed by atoms with Crippen LogP contribution in [0.15, 0.2) is 29.5 Å². The van der Waals surface area contributed by atoms with Gasteiger partial charge in [0.25, 0.3) is 0 Å². The minimum absolute atomic E-state index is 0.0151. The van der Waals surface area contributed by atoms with E-state index in [1.54, 1.807) is 19.1 Å². The average Bonchev–Trinajstić information content (AvgIpc) is 2.75. The molecule has 2 amide bonds. The van der Waals surface area contributed by atoms with Crippen molar-refractivity contribution in [3.8, 4) is 17.2 Å². The van der Waals surface area contributed by atoms with Crippen LogP contribution in [0.1, 0.15) is 12.5 Å². The Labute approximate surface area is 173 Å². The highest BCUT2D eigenvalue weighted by atomic mass is 16.5. The number of hydrogen-bond donors (Lipinski definition) is 2. The first-order chi connectivity index (χ1) is 14.4. The van der Waals surface area contributed by atoms with E-state index in [1.807, 2.05) is 0 Å². The molecule has 0 atom stereocenters. The maximum atomic E-state index is 12.1. The van der Waals surface area contributed by atoms with Gasteiger partial charge in [0.05, 0.1) is 45.8 Å². The molecule has 0 aliphatic carbocycles. The lowest BCUT2D eigenvalue weighted by molar-refractivity contribution is -0.140. The van der Waals surface area contributed by atoms with E-state index in [1.165, 1.54) is 33.5 Å². The van der Waals surface area contributed by atoms with Crippen molar-refractivity contribution in [3.63, 3.8) is 0 Å². The van der Waals surface area contributed by atoms with Gasteiger partial charge in [0, 0.05) is 6.08 Å². The lowest BCUT2D eigenvalue weighted by atomic mass is 10.1. The van der Waals surface area contributed by atoms with E-state index in [9.17, 15) is 14.4 Å². The molecule has 0 spiro atoms. The van der Waals surface area contributed by atoms with Crippen molar-refractivity contribution in [2.45, 2.75) is 6.92 Å². The Hall–Kier alpha value is -3.69. The summed E-state index contributed by atoms with van der Waals surface area (Å²) >= 11 is 0. The van der Waals surface area contributed by atoms with Crippen LogP contribution in [-0.4, -0.2) is 59.1 Å². The van der Waals surface area contributed by atoms with E-state index >= 15 is 0 Å². The maximum absolute atomic E-state index is 12.1. The number of rotatable bonds is 9. The summed E-state index contributed by atoms with van der Waals surface area (Å²) in [6.07, 6.45) is 2.71. The molecule has 1 aliphatic heterocycles. The molecular formula is C20H24N2O8. The van der Waals surface area contributed by atoms with Crippen molar-refractivity contribution < 1.29 is 38.1 Å².